The van der Waals surface area contributed by atoms with E-state index in [9.17, 15) is 4.79 Å². The zero-order chi connectivity index (χ0) is 13.2. The molecule has 0 aliphatic carbocycles. The lowest BCUT2D eigenvalue weighted by molar-refractivity contribution is 0.0600. The van der Waals surface area contributed by atoms with Gasteiger partial charge in [0.2, 0.25) is 0 Å². The van der Waals surface area contributed by atoms with Gasteiger partial charge in [0.15, 0.2) is 11.5 Å². The molecule has 6 heteroatoms. The van der Waals surface area contributed by atoms with Crippen LogP contribution in [0.1, 0.15) is 21.9 Å². The van der Waals surface area contributed by atoms with Crippen LogP contribution in [0, 0.1) is 0 Å². The average molecular weight is 257 g/mol. The number of fused-ring (bicyclic) bond motifs is 1. The summed E-state index contributed by atoms with van der Waals surface area (Å²) in [6, 6.07) is 6.97. The number of methoxy groups -OCH3 is 1. The number of ether oxygens (including phenoxy) is 1. The van der Waals surface area contributed by atoms with E-state index in [-0.39, 0.29) is 0 Å². The first-order valence-corrected chi connectivity index (χ1v) is 5.72. The van der Waals surface area contributed by atoms with Crippen molar-refractivity contribution < 1.29 is 13.9 Å². The summed E-state index contributed by atoms with van der Waals surface area (Å²) in [6.45, 7) is 0. The number of hydrogen-bond donors (Lipinski definition) is 0. The standard InChI is InChI=1S/C13H11N3O3/c1-18-13(17)9-4-5-16-12(7-9)14-11(15-16)8-10-3-2-6-19-10/h2-7H,8H2,1H3. The summed E-state index contributed by atoms with van der Waals surface area (Å²) in [4.78, 5) is 15.8. The van der Waals surface area contributed by atoms with Crippen molar-refractivity contribution in [3.63, 3.8) is 0 Å². The Bertz CT molecular complexity index is 716. The minimum atomic E-state index is -0.391. The first-order chi connectivity index (χ1) is 9.26. The van der Waals surface area contributed by atoms with Gasteiger partial charge in [-0.25, -0.2) is 14.3 Å². The molecular weight excluding hydrogens is 246 g/mol. The predicted molar refractivity (Wildman–Crippen MR) is 65.8 cm³/mol. The van der Waals surface area contributed by atoms with E-state index < -0.39 is 5.97 Å². The average Bonchev–Trinajstić information content (AvgIpc) is 3.05. The van der Waals surface area contributed by atoms with Gasteiger partial charge in [-0.3, -0.25) is 0 Å². The minimum Gasteiger partial charge on any atom is -0.469 e. The lowest BCUT2D eigenvalue weighted by Gasteiger charge is -1.97. The summed E-state index contributed by atoms with van der Waals surface area (Å²) < 4.78 is 11.5. The number of aromatic nitrogens is 3. The van der Waals surface area contributed by atoms with Crippen LogP contribution in [0.3, 0.4) is 0 Å². The summed E-state index contributed by atoms with van der Waals surface area (Å²) >= 11 is 0. The van der Waals surface area contributed by atoms with E-state index in [1.165, 1.54) is 7.11 Å². The summed E-state index contributed by atoms with van der Waals surface area (Å²) in [5.74, 6) is 1.04. The fraction of sp³-hybridized carbons (Fsp3) is 0.154. The second-order valence-electron chi connectivity index (χ2n) is 3.99. The highest BCUT2D eigenvalue weighted by molar-refractivity contribution is 5.90. The third-order valence-electron chi connectivity index (χ3n) is 2.71. The SMILES string of the molecule is COC(=O)c1ccn2nc(Cc3ccco3)nc2c1. The Morgan fingerprint density at radius 1 is 1.47 bits per heavy atom. The van der Waals surface area contributed by atoms with Crippen molar-refractivity contribution in [2.24, 2.45) is 0 Å². The Morgan fingerprint density at radius 3 is 3.11 bits per heavy atom. The van der Waals surface area contributed by atoms with E-state index in [0.717, 1.165) is 5.76 Å². The summed E-state index contributed by atoms with van der Waals surface area (Å²) in [6.07, 6.45) is 3.81. The van der Waals surface area contributed by atoms with Gasteiger partial charge in [-0.15, -0.1) is 0 Å². The highest BCUT2D eigenvalue weighted by atomic mass is 16.5. The first kappa shape index (κ1) is 11.5. The number of carbonyl (C=O) groups excluding carboxylic acids is 1. The van der Waals surface area contributed by atoms with Crippen LogP contribution < -0.4 is 0 Å². The van der Waals surface area contributed by atoms with Gasteiger partial charge in [0.1, 0.15) is 5.76 Å². The molecule has 0 aromatic carbocycles. The molecule has 6 nitrogen and oxygen atoms in total. The largest absolute Gasteiger partial charge is 0.469 e. The highest BCUT2D eigenvalue weighted by Crippen LogP contribution is 2.10. The van der Waals surface area contributed by atoms with Crippen molar-refractivity contribution >= 4 is 11.6 Å². The van der Waals surface area contributed by atoms with E-state index in [0.29, 0.717) is 23.5 Å². The van der Waals surface area contributed by atoms with Gasteiger partial charge in [-0.1, -0.05) is 0 Å². The maximum atomic E-state index is 11.4. The number of hydrogen-bond acceptors (Lipinski definition) is 5. The predicted octanol–water partition coefficient (Wildman–Crippen LogP) is 1.70. The monoisotopic (exact) mass is 257 g/mol. The van der Waals surface area contributed by atoms with Crippen molar-refractivity contribution in [2.45, 2.75) is 6.42 Å². The molecule has 0 fully saturated rings. The van der Waals surface area contributed by atoms with E-state index in [1.807, 2.05) is 12.1 Å². The molecule has 0 radical (unpaired) electrons. The smallest absolute Gasteiger partial charge is 0.338 e. The second kappa shape index (κ2) is 4.56. The molecule has 96 valence electrons. The van der Waals surface area contributed by atoms with E-state index in [4.69, 9.17) is 4.42 Å². The van der Waals surface area contributed by atoms with Gasteiger partial charge in [-0.05, 0) is 24.3 Å². The van der Waals surface area contributed by atoms with Gasteiger partial charge >= 0.3 is 5.97 Å². The molecule has 0 saturated heterocycles. The van der Waals surface area contributed by atoms with Crippen LogP contribution in [0.15, 0.2) is 41.1 Å². The number of nitrogens with zero attached hydrogens (tertiary/aromatic N) is 3. The summed E-state index contributed by atoms with van der Waals surface area (Å²) in [5, 5.41) is 4.31. The van der Waals surface area contributed by atoms with E-state index in [2.05, 4.69) is 14.8 Å². The van der Waals surface area contributed by atoms with Crippen LogP contribution >= 0.6 is 0 Å². The Kier molecular flexibility index (Phi) is 2.75. The van der Waals surface area contributed by atoms with E-state index >= 15 is 0 Å². The van der Waals surface area contributed by atoms with Gasteiger partial charge in [0.05, 0.1) is 25.4 Å². The number of pyridine rings is 1. The van der Waals surface area contributed by atoms with Gasteiger partial charge in [0, 0.05) is 6.20 Å². The van der Waals surface area contributed by atoms with E-state index in [1.54, 1.807) is 29.1 Å². The zero-order valence-corrected chi connectivity index (χ0v) is 10.2. The topological polar surface area (TPSA) is 69.6 Å². The molecule has 3 rings (SSSR count). The lowest BCUT2D eigenvalue weighted by atomic mass is 10.3. The summed E-state index contributed by atoms with van der Waals surface area (Å²) in [5.41, 5.74) is 1.05. The Labute approximate surface area is 108 Å². The van der Waals surface area contributed by atoms with Crippen molar-refractivity contribution in [2.75, 3.05) is 7.11 Å². The van der Waals surface area contributed by atoms with Crippen LogP contribution in [0.5, 0.6) is 0 Å². The molecule has 0 aliphatic rings. The molecule has 3 aromatic rings. The fourth-order valence-corrected chi connectivity index (χ4v) is 1.82. The van der Waals surface area contributed by atoms with Gasteiger partial charge < -0.3 is 9.15 Å². The highest BCUT2D eigenvalue weighted by Gasteiger charge is 2.10. The minimum absolute atomic E-state index is 0.391. The van der Waals surface area contributed by atoms with Crippen LogP contribution in [0.2, 0.25) is 0 Å². The third-order valence-corrected chi connectivity index (χ3v) is 2.71. The molecule has 0 amide bonds. The van der Waals surface area contributed by atoms with Crippen LogP contribution in [-0.4, -0.2) is 27.7 Å². The van der Waals surface area contributed by atoms with Gasteiger partial charge in [0.25, 0.3) is 0 Å². The first-order valence-electron chi connectivity index (χ1n) is 5.72. The molecule has 0 N–H and O–H groups in total. The molecule has 0 aliphatic heterocycles. The fourth-order valence-electron chi connectivity index (χ4n) is 1.82. The summed E-state index contributed by atoms with van der Waals surface area (Å²) in [7, 11) is 1.35. The maximum absolute atomic E-state index is 11.4. The Balaban J connectivity index is 1.94. The molecule has 0 unspecified atom stereocenters. The van der Waals surface area contributed by atoms with Crippen LogP contribution in [-0.2, 0) is 11.2 Å². The molecule has 0 spiro atoms. The molecule has 0 saturated carbocycles. The van der Waals surface area contributed by atoms with Crippen molar-refractivity contribution in [3.05, 3.63) is 53.9 Å². The number of esters is 1. The van der Waals surface area contributed by atoms with Crippen molar-refractivity contribution in [1.82, 2.24) is 14.6 Å². The normalized spacial score (nSPS) is 10.8. The van der Waals surface area contributed by atoms with Crippen LogP contribution in [0.25, 0.3) is 5.65 Å². The van der Waals surface area contributed by atoms with Gasteiger partial charge in [-0.2, -0.15) is 5.10 Å². The molecule has 3 heterocycles. The lowest BCUT2D eigenvalue weighted by Crippen LogP contribution is -2.02. The Morgan fingerprint density at radius 2 is 2.37 bits per heavy atom. The Hall–Kier alpha value is -2.63. The molecule has 19 heavy (non-hydrogen) atoms. The third kappa shape index (κ3) is 2.20. The molecular formula is C13H11N3O3. The van der Waals surface area contributed by atoms with Crippen molar-refractivity contribution in [1.29, 1.82) is 0 Å². The van der Waals surface area contributed by atoms with Crippen LogP contribution in [0.4, 0.5) is 0 Å². The van der Waals surface area contributed by atoms with Crippen molar-refractivity contribution in [3.8, 4) is 0 Å². The number of rotatable bonds is 3. The maximum Gasteiger partial charge on any atom is 0.338 e. The quantitative estimate of drug-likeness (QED) is 0.668. The number of carbonyl (C=O) groups is 1. The molecule has 0 bridgehead atoms. The molecule has 3 aromatic heterocycles. The second-order valence-corrected chi connectivity index (χ2v) is 3.99. The zero-order valence-electron chi connectivity index (χ0n) is 10.2. The molecule has 0 atom stereocenters. The number of furan rings is 1.